The molecule has 4 rings (SSSR count). The van der Waals surface area contributed by atoms with Crippen LogP contribution in [0.25, 0.3) is 10.9 Å². The summed E-state index contributed by atoms with van der Waals surface area (Å²) in [6.45, 7) is 4.42. The van der Waals surface area contributed by atoms with Crippen LogP contribution in [0.4, 0.5) is 23.2 Å². The Morgan fingerprint density at radius 1 is 1.27 bits per heavy atom. The maximum Gasteiger partial charge on any atom is 0.419 e. The van der Waals surface area contributed by atoms with E-state index in [-0.39, 0.29) is 16.8 Å². The van der Waals surface area contributed by atoms with E-state index < -0.39 is 46.8 Å². The number of aryl methyl sites for hydroxylation is 1. The Balaban J connectivity index is 2.01. The van der Waals surface area contributed by atoms with E-state index >= 15 is 0 Å². The van der Waals surface area contributed by atoms with Crippen LogP contribution in [0.1, 0.15) is 48.8 Å². The van der Waals surface area contributed by atoms with Crippen LogP contribution in [0.2, 0.25) is 0 Å². The largest absolute Gasteiger partial charge is 0.505 e. The van der Waals surface area contributed by atoms with Crippen LogP contribution >= 0.6 is 0 Å². The monoisotopic (exact) mass is 460 g/mol. The third-order valence-corrected chi connectivity index (χ3v) is 6.10. The molecule has 0 fully saturated rings. The molecule has 1 heterocycles. The molecule has 0 amide bonds. The molecule has 0 saturated carbocycles. The highest BCUT2D eigenvalue weighted by atomic mass is 19.4. The number of hydrogen-bond donors (Lipinski definition) is 3. The van der Waals surface area contributed by atoms with Crippen LogP contribution < -0.4 is 5.32 Å². The van der Waals surface area contributed by atoms with Gasteiger partial charge in [0.25, 0.3) is 0 Å². The number of nitrogens with one attached hydrogen (secondary N) is 1. The average molecular weight is 460 g/mol. The van der Waals surface area contributed by atoms with Gasteiger partial charge in [-0.3, -0.25) is 0 Å². The number of alkyl halides is 3. The van der Waals surface area contributed by atoms with E-state index in [1.165, 1.54) is 26.1 Å². The number of benzene rings is 2. The first-order valence-corrected chi connectivity index (χ1v) is 10.0. The van der Waals surface area contributed by atoms with Crippen molar-refractivity contribution in [3.8, 4) is 11.8 Å². The van der Waals surface area contributed by atoms with Crippen molar-refractivity contribution in [2.75, 3.05) is 5.32 Å². The Hall–Kier alpha value is -3.45. The van der Waals surface area contributed by atoms with E-state index in [4.69, 9.17) is 0 Å². The third kappa shape index (κ3) is 3.43. The van der Waals surface area contributed by atoms with Gasteiger partial charge in [0.2, 0.25) is 0 Å². The summed E-state index contributed by atoms with van der Waals surface area (Å²) in [6, 6.07) is 5.40. The number of anilines is 1. The fourth-order valence-corrected chi connectivity index (χ4v) is 4.70. The zero-order valence-corrected chi connectivity index (χ0v) is 17.9. The predicted octanol–water partition coefficient (Wildman–Crippen LogP) is 4.78. The van der Waals surface area contributed by atoms with Crippen LogP contribution in [0.5, 0.6) is 5.75 Å². The Morgan fingerprint density at radius 3 is 2.61 bits per heavy atom. The van der Waals surface area contributed by atoms with Gasteiger partial charge in [-0.2, -0.15) is 18.4 Å². The zero-order chi connectivity index (χ0) is 24.3. The number of phenolic OH excluding ortho intramolecular Hbond substituents is 1. The molecule has 33 heavy (non-hydrogen) atoms. The van der Waals surface area contributed by atoms with Gasteiger partial charge in [0.1, 0.15) is 11.9 Å². The summed E-state index contributed by atoms with van der Waals surface area (Å²) in [7, 11) is 0. The number of nitrogens with zero attached hydrogens (tertiary/aromatic N) is 3. The number of aliphatic hydroxyl groups is 1. The molecular weight excluding hydrogens is 440 g/mol. The topological polar surface area (TPSA) is 102 Å². The van der Waals surface area contributed by atoms with Gasteiger partial charge in [0.15, 0.2) is 17.2 Å². The van der Waals surface area contributed by atoms with Crippen molar-refractivity contribution in [1.82, 2.24) is 9.97 Å². The van der Waals surface area contributed by atoms with E-state index in [1.54, 1.807) is 25.1 Å². The van der Waals surface area contributed by atoms with Crippen LogP contribution in [0, 0.1) is 24.1 Å². The molecule has 3 N–H and O–H groups in total. The second-order valence-corrected chi connectivity index (χ2v) is 8.88. The first kappa shape index (κ1) is 22.7. The smallest absolute Gasteiger partial charge is 0.419 e. The molecular formula is C23H20F4N4O2. The fourth-order valence-electron chi connectivity index (χ4n) is 4.70. The Bertz CT molecular complexity index is 1320. The van der Waals surface area contributed by atoms with Gasteiger partial charge in [-0.1, -0.05) is 19.9 Å². The summed E-state index contributed by atoms with van der Waals surface area (Å²) in [6.07, 6.45) is -4.50. The van der Waals surface area contributed by atoms with Crippen molar-refractivity contribution in [1.29, 1.82) is 5.26 Å². The lowest BCUT2D eigenvalue weighted by Crippen LogP contribution is -2.58. The minimum absolute atomic E-state index is 0.0993. The molecule has 2 unspecified atom stereocenters. The van der Waals surface area contributed by atoms with E-state index in [2.05, 4.69) is 15.3 Å². The van der Waals surface area contributed by atoms with Crippen LogP contribution in [-0.2, 0) is 5.41 Å². The maximum absolute atomic E-state index is 14.6. The molecule has 6 nitrogen and oxygen atoms in total. The number of aromatic nitrogens is 2. The highest BCUT2D eigenvalue weighted by molar-refractivity contribution is 5.91. The Morgan fingerprint density at radius 2 is 1.97 bits per heavy atom. The van der Waals surface area contributed by atoms with Crippen molar-refractivity contribution in [3.63, 3.8) is 0 Å². The summed E-state index contributed by atoms with van der Waals surface area (Å²) in [5.41, 5.74) is -5.03. The van der Waals surface area contributed by atoms with Gasteiger partial charge in [-0.25, -0.2) is 14.4 Å². The summed E-state index contributed by atoms with van der Waals surface area (Å²) >= 11 is 0. The second-order valence-electron chi connectivity index (χ2n) is 8.88. The van der Waals surface area contributed by atoms with E-state index in [0.29, 0.717) is 16.7 Å². The van der Waals surface area contributed by atoms with Crippen molar-refractivity contribution in [2.24, 2.45) is 0 Å². The Labute approximate surface area is 186 Å². The molecule has 0 aliphatic heterocycles. The molecule has 172 valence electrons. The first-order chi connectivity index (χ1) is 15.3. The van der Waals surface area contributed by atoms with Crippen LogP contribution in [-0.4, -0.2) is 32.0 Å². The summed E-state index contributed by atoms with van der Waals surface area (Å²) in [5, 5.41) is 34.0. The van der Waals surface area contributed by atoms with Crippen molar-refractivity contribution >= 4 is 16.6 Å². The highest BCUT2D eigenvalue weighted by Crippen LogP contribution is 2.57. The number of hydrogen-bond acceptors (Lipinski definition) is 6. The second kappa shape index (κ2) is 7.28. The summed E-state index contributed by atoms with van der Waals surface area (Å²) in [4.78, 5) is 8.36. The summed E-state index contributed by atoms with van der Waals surface area (Å²) in [5.74, 6) is -1.65. The number of rotatable bonds is 2. The van der Waals surface area contributed by atoms with Gasteiger partial charge >= 0.3 is 6.18 Å². The van der Waals surface area contributed by atoms with Gasteiger partial charge < -0.3 is 15.5 Å². The fraction of sp³-hybridized carbons (Fsp3) is 0.348. The Kier molecular flexibility index (Phi) is 5.02. The standard InChI is InChI=1S/C23H20F4N4O2/c1-11-29-9-14-15(30-11)5-4-6-16(14)31-20-13-7-12(8-28)18(24)19(32)17(13)21(2,3)10-22(20,33)23(25,26)27/h4-7,9,20,31-33H,10H2,1-3H3. The lowest BCUT2D eigenvalue weighted by Gasteiger charge is -2.49. The molecule has 2 atom stereocenters. The third-order valence-electron chi connectivity index (χ3n) is 6.10. The molecule has 3 aromatic rings. The molecule has 0 saturated heterocycles. The van der Waals surface area contributed by atoms with Crippen LogP contribution in [0.15, 0.2) is 30.5 Å². The quantitative estimate of drug-likeness (QED) is 0.476. The van der Waals surface area contributed by atoms with Crippen molar-refractivity contribution in [2.45, 2.75) is 50.4 Å². The number of halogens is 4. The highest BCUT2D eigenvalue weighted by Gasteiger charge is 2.64. The SMILES string of the molecule is Cc1ncc2c(NC3c4cc(C#N)c(F)c(O)c4C(C)(C)CC3(O)C(F)(F)F)cccc2n1. The lowest BCUT2D eigenvalue weighted by molar-refractivity contribution is -0.276. The molecule has 2 aromatic carbocycles. The van der Waals surface area contributed by atoms with E-state index in [1.807, 2.05) is 0 Å². The molecule has 1 aromatic heterocycles. The maximum atomic E-state index is 14.6. The normalized spacial score (nSPS) is 22.0. The van der Waals surface area contributed by atoms with Gasteiger partial charge in [0.05, 0.1) is 17.1 Å². The minimum Gasteiger partial charge on any atom is -0.505 e. The molecule has 0 bridgehead atoms. The molecule has 1 aliphatic carbocycles. The van der Waals surface area contributed by atoms with Gasteiger partial charge in [-0.05, 0) is 42.5 Å². The van der Waals surface area contributed by atoms with Gasteiger partial charge in [0, 0.05) is 22.8 Å². The van der Waals surface area contributed by atoms with Gasteiger partial charge in [-0.15, -0.1) is 0 Å². The van der Waals surface area contributed by atoms with Crippen LogP contribution in [0.3, 0.4) is 0 Å². The van der Waals surface area contributed by atoms with E-state index in [9.17, 15) is 33.0 Å². The molecule has 10 heteroatoms. The number of aromatic hydroxyl groups is 1. The van der Waals surface area contributed by atoms with E-state index in [0.717, 1.165) is 6.07 Å². The number of phenols is 1. The average Bonchev–Trinajstić information content (AvgIpc) is 2.71. The number of fused-ring (bicyclic) bond motifs is 2. The van der Waals surface area contributed by atoms with Crippen molar-refractivity contribution < 1.29 is 27.8 Å². The predicted molar refractivity (Wildman–Crippen MR) is 112 cm³/mol. The first-order valence-electron chi connectivity index (χ1n) is 10.0. The molecule has 0 radical (unpaired) electrons. The number of nitriles is 1. The zero-order valence-electron chi connectivity index (χ0n) is 17.9. The molecule has 1 aliphatic rings. The van der Waals surface area contributed by atoms with Crippen molar-refractivity contribution in [3.05, 3.63) is 58.8 Å². The summed E-state index contributed by atoms with van der Waals surface area (Å²) < 4.78 is 57.6. The minimum atomic E-state index is -5.09. The molecule has 0 spiro atoms. The lowest BCUT2D eigenvalue weighted by atomic mass is 9.63.